The molecule has 0 aliphatic heterocycles. The second kappa shape index (κ2) is 5.24. The van der Waals surface area contributed by atoms with Crippen molar-refractivity contribution in [2.24, 2.45) is 0 Å². The number of aryl methyl sites for hydroxylation is 3. The van der Waals surface area contributed by atoms with Crippen LogP contribution in [0.2, 0.25) is 0 Å². The fourth-order valence-corrected chi connectivity index (χ4v) is 3.64. The van der Waals surface area contributed by atoms with Gasteiger partial charge in [0.2, 0.25) is 0 Å². The van der Waals surface area contributed by atoms with Crippen LogP contribution in [0.25, 0.3) is 0 Å². The van der Waals surface area contributed by atoms with E-state index in [-0.39, 0.29) is 5.38 Å². The Morgan fingerprint density at radius 2 is 1.88 bits per heavy atom. The molecule has 0 saturated heterocycles. The quantitative estimate of drug-likeness (QED) is 0.664. The lowest BCUT2D eigenvalue weighted by molar-refractivity contribution is 1.04. The first-order valence-electron chi connectivity index (χ1n) is 5.92. The summed E-state index contributed by atoms with van der Waals surface area (Å²) in [7, 11) is 0. The predicted octanol–water partition coefficient (Wildman–Crippen LogP) is 5.26. The van der Waals surface area contributed by atoms with Gasteiger partial charge >= 0.3 is 0 Å². The van der Waals surface area contributed by atoms with E-state index in [0.29, 0.717) is 0 Å². The molecule has 1 aromatic heterocycles. The maximum absolute atomic E-state index is 6.64. The lowest BCUT2D eigenvalue weighted by Gasteiger charge is -2.14. The summed E-state index contributed by atoms with van der Waals surface area (Å²) in [5.74, 6) is 0. The van der Waals surface area contributed by atoms with Crippen LogP contribution in [0.5, 0.6) is 0 Å². The Balaban J connectivity index is 2.43. The van der Waals surface area contributed by atoms with E-state index in [0.717, 1.165) is 6.42 Å². The molecule has 1 unspecified atom stereocenters. The first kappa shape index (κ1) is 12.7. The molecule has 2 aromatic rings. The molecule has 0 radical (unpaired) electrons. The third kappa shape index (κ3) is 2.56. The molecule has 1 heterocycles. The molecule has 90 valence electrons. The third-order valence-electron chi connectivity index (χ3n) is 3.06. The Kier molecular flexibility index (Phi) is 3.90. The average molecular weight is 265 g/mol. The number of hydrogen-bond acceptors (Lipinski definition) is 1. The molecule has 0 fully saturated rings. The molecule has 0 bridgehead atoms. The first-order chi connectivity index (χ1) is 8.13. The van der Waals surface area contributed by atoms with Crippen LogP contribution in [-0.4, -0.2) is 0 Å². The highest BCUT2D eigenvalue weighted by atomic mass is 35.5. The highest BCUT2D eigenvalue weighted by molar-refractivity contribution is 7.12. The van der Waals surface area contributed by atoms with E-state index in [9.17, 15) is 0 Å². The maximum Gasteiger partial charge on any atom is 0.0848 e. The highest BCUT2D eigenvalue weighted by Gasteiger charge is 2.17. The topological polar surface area (TPSA) is 0 Å². The van der Waals surface area contributed by atoms with Gasteiger partial charge in [-0.05, 0) is 43.0 Å². The van der Waals surface area contributed by atoms with Crippen molar-refractivity contribution in [2.75, 3.05) is 0 Å². The molecule has 1 aromatic carbocycles. The van der Waals surface area contributed by atoms with Crippen molar-refractivity contribution in [1.82, 2.24) is 0 Å². The van der Waals surface area contributed by atoms with Gasteiger partial charge in [-0.3, -0.25) is 0 Å². The van der Waals surface area contributed by atoms with E-state index in [4.69, 9.17) is 11.6 Å². The van der Waals surface area contributed by atoms with Gasteiger partial charge < -0.3 is 0 Å². The van der Waals surface area contributed by atoms with Gasteiger partial charge in [0.1, 0.15) is 0 Å². The number of rotatable bonds is 3. The average Bonchev–Trinajstić information content (AvgIpc) is 2.67. The summed E-state index contributed by atoms with van der Waals surface area (Å²) in [6, 6.07) is 10.7. The van der Waals surface area contributed by atoms with E-state index >= 15 is 0 Å². The lowest BCUT2D eigenvalue weighted by atomic mass is 9.98. The fraction of sp³-hybridized carbons (Fsp3) is 0.333. The van der Waals surface area contributed by atoms with Gasteiger partial charge in [0, 0.05) is 9.75 Å². The van der Waals surface area contributed by atoms with Crippen LogP contribution in [0.1, 0.15) is 38.7 Å². The summed E-state index contributed by atoms with van der Waals surface area (Å²) in [5.41, 5.74) is 3.85. The smallest absolute Gasteiger partial charge is 0.0848 e. The minimum atomic E-state index is -0.0175. The van der Waals surface area contributed by atoms with Gasteiger partial charge in [-0.15, -0.1) is 22.9 Å². The summed E-state index contributed by atoms with van der Waals surface area (Å²) in [5, 5.41) is -0.0175. The van der Waals surface area contributed by atoms with Crippen molar-refractivity contribution in [2.45, 2.75) is 32.6 Å². The molecule has 0 aliphatic carbocycles. The normalized spacial score (nSPS) is 12.7. The molecule has 1 atom stereocenters. The molecule has 0 N–H and O–H groups in total. The summed E-state index contributed by atoms with van der Waals surface area (Å²) in [6.45, 7) is 6.46. The number of benzene rings is 1. The Bertz CT molecular complexity index is 513. The molecule has 0 aliphatic rings. The van der Waals surface area contributed by atoms with Gasteiger partial charge in [0.15, 0.2) is 0 Å². The number of thiophene rings is 1. The van der Waals surface area contributed by atoms with E-state index < -0.39 is 0 Å². The Morgan fingerprint density at radius 3 is 2.47 bits per heavy atom. The van der Waals surface area contributed by atoms with Gasteiger partial charge in [-0.2, -0.15) is 0 Å². The van der Waals surface area contributed by atoms with E-state index in [1.165, 1.54) is 26.4 Å². The van der Waals surface area contributed by atoms with E-state index in [1.54, 1.807) is 0 Å². The van der Waals surface area contributed by atoms with Crippen LogP contribution in [0.15, 0.2) is 30.3 Å². The van der Waals surface area contributed by atoms with Crippen molar-refractivity contribution in [3.63, 3.8) is 0 Å². The standard InChI is InChI=1S/C15H17ClS/c1-4-12-7-5-6-8-13(12)15(16)14-9-10(2)17-11(14)3/h5-9,15H,4H2,1-3H3. The molecule has 0 amide bonds. The molecule has 17 heavy (non-hydrogen) atoms. The lowest BCUT2D eigenvalue weighted by Crippen LogP contribution is -1.98. The van der Waals surface area contributed by atoms with Crippen LogP contribution in [0, 0.1) is 13.8 Å². The zero-order chi connectivity index (χ0) is 12.4. The van der Waals surface area contributed by atoms with Crippen molar-refractivity contribution >= 4 is 22.9 Å². The summed E-state index contributed by atoms with van der Waals surface area (Å²) < 4.78 is 0. The Hall–Kier alpha value is -0.790. The SMILES string of the molecule is CCc1ccccc1C(Cl)c1cc(C)sc1C. The second-order valence-corrected chi connectivity index (χ2v) is 6.18. The largest absolute Gasteiger partial charge is 0.146 e. The van der Waals surface area contributed by atoms with Gasteiger partial charge in [-0.25, -0.2) is 0 Å². The number of halogens is 1. The van der Waals surface area contributed by atoms with Crippen molar-refractivity contribution in [3.05, 3.63) is 56.8 Å². The van der Waals surface area contributed by atoms with Gasteiger partial charge in [-0.1, -0.05) is 31.2 Å². The van der Waals surface area contributed by atoms with E-state index in [2.05, 4.69) is 51.1 Å². The zero-order valence-electron chi connectivity index (χ0n) is 10.5. The number of alkyl halides is 1. The molecule has 0 spiro atoms. The maximum atomic E-state index is 6.64. The molecule has 0 nitrogen and oxygen atoms in total. The summed E-state index contributed by atoms with van der Waals surface area (Å²) in [6.07, 6.45) is 1.03. The zero-order valence-corrected chi connectivity index (χ0v) is 12.0. The molecular formula is C15H17ClS. The monoisotopic (exact) mass is 264 g/mol. The minimum Gasteiger partial charge on any atom is -0.146 e. The van der Waals surface area contributed by atoms with Crippen LogP contribution >= 0.6 is 22.9 Å². The Labute approximate surface area is 112 Å². The van der Waals surface area contributed by atoms with Crippen molar-refractivity contribution in [1.29, 1.82) is 0 Å². The van der Waals surface area contributed by atoms with Crippen molar-refractivity contribution < 1.29 is 0 Å². The van der Waals surface area contributed by atoms with Crippen LogP contribution in [0.3, 0.4) is 0 Å². The highest BCUT2D eigenvalue weighted by Crippen LogP contribution is 2.36. The van der Waals surface area contributed by atoms with Crippen molar-refractivity contribution in [3.8, 4) is 0 Å². The molecular weight excluding hydrogens is 248 g/mol. The minimum absolute atomic E-state index is 0.0175. The summed E-state index contributed by atoms with van der Waals surface area (Å²) >= 11 is 8.46. The van der Waals surface area contributed by atoms with Gasteiger partial charge in [0.05, 0.1) is 5.38 Å². The molecule has 0 saturated carbocycles. The first-order valence-corrected chi connectivity index (χ1v) is 7.17. The summed E-state index contributed by atoms with van der Waals surface area (Å²) in [4.78, 5) is 2.66. The third-order valence-corrected chi connectivity index (χ3v) is 4.51. The van der Waals surface area contributed by atoms with Crippen LogP contribution < -0.4 is 0 Å². The van der Waals surface area contributed by atoms with Crippen LogP contribution in [0.4, 0.5) is 0 Å². The van der Waals surface area contributed by atoms with Gasteiger partial charge in [0.25, 0.3) is 0 Å². The number of hydrogen-bond donors (Lipinski definition) is 0. The molecule has 2 heteroatoms. The molecule has 2 rings (SSSR count). The fourth-order valence-electron chi connectivity index (χ4n) is 2.17. The second-order valence-electron chi connectivity index (χ2n) is 4.28. The predicted molar refractivity (Wildman–Crippen MR) is 77.3 cm³/mol. The van der Waals surface area contributed by atoms with Crippen LogP contribution in [-0.2, 0) is 6.42 Å². The van der Waals surface area contributed by atoms with E-state index in [1.807, 2.05) is 11.3 Å². The Morgan fingerprint density at radius 1 is 1.18 bits per heavy atom.